The van der Waals surface area contributed by atoms with E-state index in [1.807, 2.05) is 41.1 Å². The molecule has 0 saturated carbocycles. The van der Waals surface area contributed by atoms with Crippen LogP contribution in [-0.4, -0.2) is 28.7 Å². The number of benzene rings is 5. The molecular weight excluding hydrogens is 580 g/mol. The fourth-order valence-electron chi connectivity index (χ4n) is 6.98. The van der Waals surface area contributed by atoms with Crippen LogP contribution in [0.2, 0.25) is 0 Å². The Morgan fingerprint density at radius 2 is 1.02 bits per heavy atom. The van der Waals surface area contributed by atoms with Crippen molar-refractivity contribution in [2.24, 2.45) is 0 Å². The van der Waals surface area contributed by atoms with Gasteiger partial charge in [0.25, 0.3) is 0 Å². The van der Waals surface area contributed by atoms with E-state index in [9.17, 15) is 0 Å². The first kappa shape index (κ1) is 25.7. The first-order valence-corrected chi connectivity index (χ1v) is 15.5. The lowest BCUT2D eigenvalue weighted by Gasteiger charge is -2.17. The summed E-state index contributed by atoms with van der Waals surface area (Å²) in [6.07, 6.45) is 11.0. The molecule has 0 fully saturated rings. The van der Waals surface area contributed by atoms with Gasteiger partial charge < -0.3 is 4.74 Å². The van der Waals surface area contributed by atoms with Crippen molar-refractivity contribution < 1.29 is 4.74 Å². The Balaban J connectivity index is 1.19. The first-order chi connectivity index (χ1) is 23.3. The minimum Gasteiger partial charge on any atom is -0.457 e. The fourth-order valence-corrected chi connectivity index (χ4v) is 6.98. The molecule has 7 nitrogen and oxygen atoms in total. The van der Waals surface area contributed by atoms with Crippen LogP contribution in [-0.2, 0) is 0 Å². The monoisotopic (exact) mass is 604 g/mol. The third-order valence-electron chi connectivity index (χ3n) is 9.00. The lowest BCUT2D eigenvalue weighted by molar-refractivity contribution is 0.484. The van der Waals surface area contributed by atoms with Gasteiger partial charge in [-0.05, 0) is 58.5 Å². The molecule has 0 N–H and O–H groups in total. The van der Waals surface area contributed by atoms with Gasteiger partial charge in [0.15, 0.2) is 5.65 Å². The lowest BCUT2D eigenvalue weighted by atomic mass is 9.91. The Morgan fingerprint density at radius 3 is 1.77 bits per heavy atom. The summed E-state index contributed by atoms with van der Waals surface area (Å²) in [4.78, 5) is 18.7. The van der Waals surface area contributed by atoms with E-state index in [1.54, 1.807) is 18.6 Å². The normalized spacial score (nSPS) is 11.8. The van der Waals surface area contributed by atoms with Gasteiger partial charge in [-0.1, -0.05) is 72.8 Å². The number of imidazole rings is 2. The van der Waals surface area contributed by atoms with Crippen LogP contribution in [0.3, 0.4) is 0 Å². The summed E-state index contributed by atoms with van der Waals surface area (Å²) in [5, 5.41) is 5.23. The average molecular weight is 605 g/mol. The molecule has 10 rings (SSSR count). The average Bonchev–Trinajstić information content (AvgIpc) is 3.84. The van der Waals surface area contributed by atoms with Crippen LogP contribution in [0.15, 0.2) is 146 Å². The molecule has 5 aromatic heterocycles. The molecule has 0 bridgehead atoms. The number of pyridine rings is 2. The van der Waals surface area contributed by atoms with Crippen molar-refractivity contribution in [3.8, 4) is 33.8 Å². The molecule has 7 heteroatoms. The summed E-state index contributed by atoms with van der Waals surface area (Å²) >= 11 is 0. The maximum Gasteiger partial charge on any atom is 0.165 e. The number of fused-ring (bicyclic) bond motifs is 12. The van der Waals surface area contributed by atoms with Crippen molar-refractivity contribution in [3.05, 3.63) is 146 Å². The zero-order valence-electron chi connectivity index (χ0n) is 24.9. The number of nitrogens with zero attached hydrogens (tertiary/aromatic N) is 6. The zero-order chi connectivity index (χ0) is 30.9. The van der Waals surface area contributed by atoms with E-state index in [-0.39, 0.29) is 0 Å². The van der Waals surface area contributed by atoms with Crippen molar-refractivity contribution >= 4 is 54.9 Å². The van der Waals surface area contributed by atoms with Gasteiger partial charge in [0, 0.05) is 64.3 Å². The molecule has 0 atom stereocenters. The molecule has 0 spiro atoms. The molecule has 0 radical (unpaired) electrons. The second kappa shape index (κ2) is 9.95. The highest BCUT2D eigenvalue weighted by Crippen LogP contribution is 2.42. The summed E-state index contributed by atoms with van der Waals surface area (Å²) in [6.45, 7) is 0. The molecule has 5 aromatic carbocycles. The Kier molecular flexibility index (Phi) is 5.44. The van der Waals surface area contributed by atoms with Crippen molar-refractivity contribution in [1.29, 1.82) is 0 Å². The molecule has 5 heterocycles. The van der Waals surface area contributed by atoms with Gasteiger partial charge in [-0.25, -0.2) is 15.0 Å². The van der Waals surface area contributed by atoms with Crippen LogP contribution >= 0.6 is 0 Å². The maximum absolute atomic E-state index is 6.57. The van der Waals surface area contributed by atoms with Crippen LogP contribution in [0, 0.1) is 0 Å². The van der Waals surface area contributed by atoms with Crippen LogP contribution in [0.4, 0.5) is 0 Å². The van der Waals surface area contributed by atoms with Crippen molar-refractivity contribution in [2.75, 3.05) is 0 Å². The van der Waals surface area contributed by atoms with E-state index in [0.717, 1.165) is 72.0 Å². The minimum atomic E-state index is 0.710. The number of rotatable bonds is 4. The number of aromatic nitrogens is 6. The fraction of sp³-hybridized carbons (Fsp3) is 0. The molecule has 0 unspecified atom stereocenters. The van der Waals surface area contributed by atoms with Crippen LogP contribution in [0.25, 0.3) is 77.2 Å². The standard InChI is InChI=1S/C40H24N6O/c1-3-7-25(8-4-1)29-15-16-30(26-9-5-2-6-10-26)37-35(29)31-13-11-27(23-33(31)38-43-19-21-45(37)38)47-28-12-14-32-34(24-28)39-44-20-22-46(39)40-36(32)41-17-18-42-40/h1-24H. The number of hydrogen-bond donors (Lipinski definition) is 0. The summed E-state index contributed by atoms with van der Waals surface area (Å²) in [5.41, 5.74) is 9.06. The second-order valence-corrected chi connectivity index (χ2v) is 11.6. The van der Waals surface area contributed by atoms with E-state index < -0.39 is 0 Å². The van der Waals surface area contributed by atoms with Gasteiger partial charge in [0.05, 0.1) is 5.52 Å². The van der Waals surface area contributed by atoms with E-state index >= 15 is 0 Å². The third kappa shape index (κ3) is 3.87. The SMILES string of the molecule is c1ccc(-c2ccc(-c3ccccc3)c3c2c2ccc(Oc4ccc5c(c4)c4nccn4c4nccnc54)cc2c2nccn23)cc1. The van der Waals surface area contributed by atoms with Gasteiger partial charge in [0.2, 0.25) is 0 Å². The molecular formula is C40H24N6O. The summed E-state index contributed by atoms with van der Waals surface area (Å²) < 4.78 is 10.8. The molecule has 0 saturated heterocycles. The molecule has 0 aliphatic rings. The smallest absolute Gasteiger partial charge is 0.165 e. The lowest BCUT2D eigenvalue weighted by Crippen LogP contribution is -1.97. The quantitative estimate of drug-likeness (QED) is 0.187. The highest BCUT2D eigenvalue weighted by molar-refractivity contribution is 6.20. The van der Waals surface area contributed by atoms with E-state index in [1.165, 1.54) is 10.9 Å². The van der Waals surface area contributed by atoms with Crippen molar-refractivity contribution in [3.63, 3.8) is 0 Å². The first-order valence-electron chi connectivity index (χ1n) is 15.5. The zero-order valence-corrected chi connectivity index (χ0v) is 24.9. The maximum atomic E-state index is 6.57. The van der Waals surface area contributed by atoms with E-state index in [2.05, 4.69) is 110 Å². The van der Waals surface area contributed by atoms with E-state index in [0.29, 0.717) is 5.75 Å². The Labute approximate surface area is 268 Å². The van der Waals surface area contributed by atoms with Crippen molar-refractivity contribution in [1.82, 2.24) is 28.7 Å². The summed E-state index contributed by atoms with van der Waals surface area (Å²) in [5.74, 6) is 1.43. The topological polar surface area (TPSA) is 69.6 Å². The van der Waals surface area contributed by atoms with Crippen LogP contribution in [0.1, 0.15) is 0 Å². The van der Waals surface area contributed by atoms with Crippen molar-refractivity contribution in [2.45, 2.75) is 0 Å². The van der Waals surface area contributed by atoms with Crippen LogP contribution < -0.4 is 4.74 Å². The predicted octanol–water partition coefficient (Wildman–Crippen LogP) is 9.51. The highest BCUT2D eigenvalue weighted by Gasteiger charge is 2.19. The van der Waals surface area contributed by atoms with Gasteiger partial charge >= 0.3 is 0 Å². The predicted molar refractivity (Wildman–Crippen MR) is 187 cm³/mol. The number of hydrogen-bond acceptors (Lipinski definition) is 5. The third-order valence-corrected chi connectivity index (χ3v) is 9.00. The van der Waals surface area contributed by atoms with Gasteiger partial charge in [-0.3, -0.25) is 13.8 Å². The molecule has 0 aliphatic carbocycles. The molecule has 0 aliphatic heterocycles. The van der Waals surface area contributed by atoms with Crippen LogP contribution in [0.5, 0.6) is 11.5 Å². The molecule has 47 heavy (non-hydrogen) atoms. The molecule has 220 valence electrons. The summed E-state index contributed by atoms with van der Waals surface area (Å²) in [6, 6.07) is 38.0. The van der Waals surface area contributed by atoms with E-state index in [4.69, 9.17) is 9.72 Å². The number of ether oxygens (including phenoxy) is 1. The second-order valence-electron chi connectivity index (χ2n) is 11.6. The van der Waals surface area contributed by atoms with Gasteiger partial charge in [-0.15, -0.1) is 0 Å². The highest BCUT2D eigenvalue weighted by atomic mass is 16.5. The molecule has 0 amide bonds. The Hall–Kier alpha value is -6.60. The van der Waals surface area contributed by atoms with Gasteiger partial charge in [-0.2, -0.15) is 0 Å². The Bertz CT molecular complexity index is 2820. The Morgan fingerprint density at radius 1 is 0.447 bits per heavy atom. The largest absolute Gasteiger partial charge is 0.457 e. The minimum absolute atomic E-state index is 0.710. The molecule has 10 aromatic rings. The van der Waals surface area contributed by atoms with Gasteiger partial charge in [0.1, 0.15) is 28.3 Å². The summed E-state index contributed by atoms with van der Waals surface area (Å²) in [7, 11) is 0.